The van der Waals surface area contributed by atoms with Crippen molar-refractivity contribution in [2.45, 2.75) is 31.7 Å². The summed E-state index contributed by atoms with van der Waals surface area (Å²) in [7, 11) is 0. The van der Waals surface area contributed by atoms with Gasteiger partial charge in [-0.15, -0.1) is 5.10 Å². The smallest absolute Gasteiger partial charge is 0.331 e. The number of hydrogen-bond acceptors (Lipinski definition) is 5. The van der Waals surface area contributed by atoms with Crippen molar-refractivity contribution in [2.24, 2.45) is 0 Å². The third-order valence-corrected chi connectivity index (χ3v) is 4.00. The quantitative estimate of drug-likeness (QED) is 0.841. The van der Waals surface area contributed by atoms with Gasteiger partial charge in [0.25, 0.3) is 0 Å². The van der Waals surface area contributed by atoms with Gasteiger partial charge < -0.3 is 5.11 Å². The summed E-state index contributed by atoms with van der Waals surface area (Å²) >= 11 is 1.85. The standard InChI is InChI=1S/C9H14N4O2S/c1-9(2,8(14)15)13-7(10-11-12-13)6-3-4-16-5-6/h6H,3-5H2,1-2H3,(H,14,15). The van der Waals surface area contributed by atoms with E-state index in [0.717, 1.165) is 17.9 Å². The number of hydrogen-bond donors (Lipinski definition) is 1. The lowest BCUT2D eigenvalue weighted by atomic mass is 10.0. The Morgan fingerprint density at radius 3 is 2.94 bits per heavy atom. The second-order valence-electron chi connectivity index (χ2n) is 4.37. The zero-order valence-corrected chi connectivity index (χ0v) is 10.1. The van der Waals surface area contributed by atoms with Crippen molar-refractivity contribution in [1.29, 1.82) is 0 Å². The van der Waals surface area contributed by atoms with Gasteiger partial charge in [-0.1, -0.05) is 0 Å². The number of carbonyl (C=O) groups is 1. The maximum atomic E-state index is 11.2. The summed E-state index contributed by atoms with van der Waals surface area (Å²) in [5.41, 5.74) is -1.09. The number of aliphatic carboxylic acids is 1. The van der Waals surface area contributed by atoms with Crippen LogP contribution in [0.5, 0.6) is 0 Å². The molecule has 1 fully saturated rings. The molecule has 1 atom stereocenters. The van der Waals surface area contributed by atoms with E-state index in [1.807, 2.05) is 11.8 Å². The molecule has 0 bridgehead atoms. The fraction of sp³-hybridized carbons (Fsp3) is 0.778. The van der Waals surface area contributed by atoms with Crippen LogP contribution in [0.25, 0.3) is 0 Å². The highest BCUT2D eigenvalue weighted by Gasteiger charge is 2.36. The predicted octanol–water partition coefficient (Wildman–Crippen LogP) is 0.713. The highest BCUT2D eigenvalue weighted by Crippen LogP contribution is 2.32. The minimum absolute atomic E-state index is 0.277. The first-order chi connectivity index (χ1) is 7.53. The molecule has 1 unspecified atom stereocenters. The van der Waals surface area contributed by atoms with E-state index in [0.29, 0.717) is 5.82 Å². The van der Waals surface area contributed by atoms with Crippen LogP contribution in [0.3, 0.4) is 0 Å². The van der Waals surface area contributed by atoms with Gasteiger partial charge in [0.05, 0.1) is 0 Å². The van der Waals surface area contributed by atoms with E-state index < -0.39 is 11.5 Å². The molecule has 0 saturated carbocycles. The SMILES string of the molecule is CC(C)(C(=O)O)n1nnnc1C1CCSC1. The van der Waals surface area contributed by atoms with Crippen LogP contribution in [0.1, 0.15) is 32.0 Å². The van der Waals surface area contributed by atoms with Crippen molar-refractivity contribution in [2.75, 3.05) is 11.5 Å². The maximum Gasteiger partial charge on any atom is 0.331 e. The van der Waals surface area contributed by atoms with Crippen LogP contribution < -0.4 is 0 Å². The molecule has 1 aromatic heterocycles. The van der Waals surface area contributed by atoms with E-state index in [1.165, 1.54) is 4.68 Å². The first-order valence-corrected chi connectivity index (χ1v) is 6.29. The predicted molar refractivity (Wildman–Crippen MR) is 59.5 cm³/mol. The first kappa shape index (κ1) is 11.4. The van der Waals surface area contributed by atoms with Crippen molar-refractivity contribution in [1.82, 2.24) is 20.2 Å². The highest BCUT2D eigenvalue weighted by atomic mass is 32.2. The fourth-order valence-corrected chi connectivity index (χ4v) is 2.89. The molecule has 1 N–H and O–H groups in total. The van der Waals surface area contributed by atoms with Crippen LogP contribution >= 0.6 is 11.8 Å². The second-order valence-corrected chi connectivity index (χ2v) is 5.52. The van der Waals surface area contributed by atoms with Crippen molar-refractivity contribution in [3.8, 4) is 0 Å². The Morgan fingerprint density at radius 2 is 2.38 bits per heavy atom. The zero-order valence-electron chi connectivity index (χ0n) is 9.25. The monoisotopic (exact) mass is 242 g/mol. The molecule has 2 heterocycles. The summed E-state index contributed by atoms with van der Waals surface area (Å²) < 4.78 is 1.44. The molecule has 6 nitrogen and oxygen atoms in total. The fourth-order valence-electron chi connectivity index (χ4n) is 1.68. The van der Waals surface area contributed by atoms with E-state index in [2.05, 4.69) is 15.5 Å². The molecule has 7 heteroatoms. The molecule has 1 saturated heterocycles. The summed E-state index contributed by atoms with van der Waals surface area (Å²) in [5, 5.41) is 20.6. The minimum atomic E-state index is -1.09. The van der Waals surface area contributed by atoms with Gasteiger partial charge in [0.1, 0.15) is 0 Å². The molecule has 0 aromatic carbocycles. The topological polar surface area (TPSA) is 80.9 Å². The Bertz CT molecular complexity index is 398. The van der Waals surface area contributed by atoms with Gasteiger partial charge in [0, 0.05) is 11.7 Å². The molecule has 0 aliphatic carbocycles. The number of rotatable bonds is 3. The van der Waals surface area contributed by atoms with Gasteiger partial charge in [-0.05, 0) is 36.4 Å². The number of carboxylic acid groups (broad SMARTS) is 1. The number of nitrogens with zero attached hydrogens (tertiary/aromatic N) is 4. The Labute approximate surface area is 97.4 Å². The summed E-state index contributed by atoms with van der Waals surface area (Å²) in [5.74, 6) is 2.10. The average Bonchev–Trinajstić information content (AvgIpc) is 2.88. The Morgan fingerprint density at radius 1 is 1.62 bits per heavy atom. The second kappa shape index (κ2) is 4.04. The van der Waals surface area contributed by atoms with Crippen molar-refractivity contribution >= 4 is 17.7 Å². The first-order valence-electron chi connectivity index (χ1n) is 5.13. The number of aromatic nitrogens is 4. The molecular weight excluding hydrogens is 228 g/mol. The Hall–Kier alpha value is -1.11. The van der Waals surface area contributed by atoms with E-state index in [4.69, 9.17) is 5.11 Å². The molecule has 2 rings (SSSR count). The van der Waals surface area contributed by atoms with Crippen molar-refractivity contribution in [3.63, 3.8) is 0 Å². The lowest BCUT2D eigenvalue weighted by molar-refractivity contribution is -0.146. The summed E-state index contributed by atoms with van der Waals surface area (Å²) in [6, 6.07) is 0. The minimum Gasteiger partial charge on any atom is -0.479 e. The van der Waals surface area contributed by atoms with Crippen LogP contribution in [0.2, 0.25) is 0 Å². The lowest BCUT2D eigenvalue weighted by Crippen LogP contribution is -2.38. The van der Waals surface area contributed by atoms with Gasteiger partial charge in [-0.3, -0.25) is 0 Å². The van der Waals surface area contributed by atoms with Crippen LogP contribution in [-0.4, -0.2) is 42.8 Å². The van der Waals surface area contributed by atoms with Crippen LogP contribution in [0.15, 0.2) is 0 Å². The summed E-state index contributed by atoms with van der Waals surface area (Å²) in [4.78, 5) is 11.2. The van der Waals surface area contributed by atoms with Crippen LogP contribution in [0, 0.1) is 0 Å². The molecule has 1 aliphatic heterocycles. The molecule has 1 aromatic rings. The Kier molecular flexibility index (Phi) is 2.88. The highest BCUT2D eigenvalue weighted by molar-refractivity contribution is 7.99. The van der Waals surface area contributed by atoms with Gasteiger partial charge >= 0.3 is 5.97 Å². The largest absolute Gasteiger partial charge is 0.479 e. The molecule has 0 radical (unpaired) electrons. The third kappa shape index (κ3) is 1.79. The van der Waals surface area contributed by atoms with Gasteiger partial charge in [0.15, 0.2) is 11.4 Å². The summed E-state index contributed by atoms with van der Waals surface area (Å²) in [6.07, 6.45) is 1.01. The number of tetrazole rings is 1. The molecule has 0 spiro atoms. The third-order valence-electron chi connectivity index (χ3n) is 2.84. The average molecular weight is 242 g/mol. The van der Waals surface area contributed by atoms with E-state index >= 15 is 0 Å². The number of carboxylic acids is 1. The van der Waals surface area contributed by atoms with Gasteiger partial charge in [0.2, 0.25) is 0 Å². The normalized spacial score (nSPS) is 21.2. The van der Waals surface area contributed by atoms with E-state index in [9.17, 15) is 4.79 Å². The van der Waals surface area contributed by atoms with Crippen LogP contribution in [0.4, 0.5) is 0 Å². The van der Waals surface area contributed by atoms with Gasteiger partial charge in [-0.25, -0.2) is 9.48 Å². The maximum absolute atomic E-state index is 11.2. The van der Waals surface area contributed by atoms with Crippen molar-refractivity contribution in [3.05, 3.63) is 5.82 Å². The van der Waals surface area contributed by atoms with Gasteiger partial charge in [-0.2, -0.15) is 11.8 Å². The van der Waals surface area contributed by atoms with E-state index in [-0.39, 0.29) is 5.92 Å². The molecule has 0 amide bonds. The Balaban J connectivity index is 2.35. The zero-order chi connectivity index (χ0) is 11.8. The van der Waals surface area contributed by atoms with Crippen LogP contribution in [-0.2, 0) is 10.3 Å². The number of thioether (sulfide) groups is 1. The molecular formula is C9H14N4O2S. The molecule has 16 heavy (non-hydrogen) atoms. The van der Waals surface area contributed by atoms with Crippen molar-refractivity contribution < 1.29 is 9.90 Å². The molecule has 1 aliphatic rings. The molecule has 88 valence electrons. The lowest BCUT2D eigenvalue weighted by Gasteiger charge is -2.21. The van der Waals surface area contributed by atoms with E-state index in [1.54, 1.807) is 13.8 Å². The summed E-state index contributed by atoms with van der Waals surface area (Å²) in [6.45, 7) is 3.22.